The normalized spacial score (nSPS) is 21.4. The molecule has 0 bridgehead atoms. The number of rotatable bonds is 3. The highest BCUT2D eigenvalue weighted by Gasteiger charge is 2.33. The minimum Gasteiger partial charge on any atom is -0.290 e. The SMILES string of the molecule is Cn1cc([C@@H]2CS(=O)(=O)CCN2Cc2cc(F)cc(F)c2)cn1. The van der Waals surface area contributed by atoms with Gasteiger partial charge in [-0.25, -0.2) is 17.2 Å². The molecule has 0 spiro atoms. The van der Waals surface area contributed by atoms with E-state index in [0.717, 1.165) is 11.6 Å². The van der Waals surface area contributed by atoms with Crippen LogP contribution in [0.4, 0.5) is 8.78 Å². The minimum atomic E-state index is -3.14. The van der Waals surface area contributed by atoms with Gasteiger partial charge < -0.3 is 0 Å². The van der Waals surface area contributed by atoms with Gasteiger partial charge in [-0.05, 0) is 17.7 Å². The standard InChI is InChI=1S/C15H17F2N3O2S/c1-19-9-12(7-18-19)15-10-23(21,22)3-2-20(15)8-11-4-13(16)6-14(17)5-11/h4-7,9,15H,2-3,8,10H2,1H3/t15-/m0/s1. The molecule has 1 aromatic heterocycles. The largest absolute Gasteiger partial charge is 0.290 e. The van der Waals surface area contributed by atoms with Gasteiger partial charge in [0.15, 0.2) is 9.84 Å². The maximum Gasteiger partial charge on any atom is 0.153 e. The molecule has 3 rings (SSSR count). The molecule has 1 aliphatic heterocycles. The smallest absolute Gasteiger partial charge is 0.153 e. The predicted octanol–water partition coefficient (Wildman–Crippen LogP) is 1.67. The van der Waals surface area contributed by atoms with Crippen molar-refractivity contribution in [3.63, 3.8) is 0 Å². The Balaban J connectivity index is 1.89. The van der Waals surface area contributed by atoms with Gasteiger partial charge in [0.25, 0.3) is 0 Å². The molecule has 23 heavy (non-hydrogen) atoms. The van der Waals surface area contributed by atoms with Crippen LogP contribution in [0.15, 0.2) is 30.6 Å². The molecular weight excluding hydrogens is 324 g/mol. The van der Waals surface area contributed by atoms with Crippen LogP contribution in [0.2, 0.25) is 0 Å². The average molecular weight is 341 g/mol. The zero-order valence-corrected chi connectivity index (χ0v) is 13.4. The summed E-state index contributed by atoms with van der Waals surface area (Å²) in [6.07, 6.45) is 3.40. The molecule has 2 heterocycles. The molecule has 1 aromatic carbocycles. The number of halogens is 2. The average Bonchev–Trinajstić information content (AvgIpc) is 2.86. The lowest BCUT2D eigenvalue weighted by atomic mass is 10.1. The second-order valence-corrected chi connectivity index (χ2v) is 8.05. The molecule has 0 saturated carbocycles. The van der Waals surface area contributed by atoms with Crippen LogP contribution in [0.25, 0.3) is 0 Å². The van der Waals surface area contributed by atoms with Crippen molar-refractivity contribution < 1.29 is 17.2 Å². The number of aromatic nitrogens is 2. The Morgan fingerprint density at radius 3 is 2.57 bits per heavy atom. The highest BCUT2D eigenvalue weighted by molar-refractivity contribution is 7.91. The zero-order valence-electron chi connectivity index (χ0n) is 12.6. The Bertz CT molecular complexity index is 800. The van der Waals surface area contributed by atoms with Gasteiger partial charge in [-0.1, -0.05) is 0 Å². The molecule has 1 atom stereocenters. The highest BCUT2D eigenvalue weighted by atomic mass is 32.2. The lowest BCUT2D eigenvalue weighted by molar-refractivity contribution is 0.206. The summed E-state index contributed by atoms with van der Waals surface area (Å²) in [5.74, 6) is -1.25. The van der Waals surface area contributed by atoms with Gasteiger partial charge in [0.05, 0.1) is 23.7 Å². The van der Waals surface area contributed by atoms with Crippen LogP contribution < -0.4 is 0 Å². The van der Waals surface area contributed by atoms with Gasteiger partial charge in [-0.2, -0.15) is 5.10 Å². The van der Waals surface area contributed by atoms with Crippen LogP contribution in [0, 0.1) is 11.6 Å². The lowest BCUT2D eigenvalue weighted by Gasteiger charge is -2.35. The molecule has 5 nitrogen and oxygen atoms in total. The quantitative estimate of drug-likeness (QED) is 0.852. The van der Waals surface area contributed by atoms with Crippen molar-refractivity contribution in [1.29, 1.82) is 0 Å². The van der Waals surface area contributed by atoms with Gasteiger partial charge in [-0.3, -0.25) is 9.58 Å². The summed E-state index contributed by atoms with van der Waals surface area (Å²) in [7, 11) is -1.38. The number of benzene rings is 1. The van der Waals surface area contributed by atoms with Crippen LogP contribution in [0.1, 0.15) is 17.2 Å². The maximum atomic E-state index is 13.4. The first-order valence-electron chi connectivity index (χ1n) is 7.20. The fourth-order valence-corrected chi connectivity index (χ4v) is 4.45. The maximum absolute atomic E-state index is 13.4. The van der Waals surface area contributed by atoms with Crippen LogP contribution in [0.5, 0.6) is 0 Å². The van der Waals surface area contributed by atoms with E-state index in [1.165, 1.54) is 12.1 Å². The number of hydrogen-bond acceptors (Lipinski definition) is 4. The van der Waals surface area contributed by atoms with E-state index in [-0.39, 0.29) is 24.1 Å². The molecule has 1 fully saturated rings. The van der Waals surface area contributed by atoms with E-state index in [2.05, 4.69) is 5.10 Å². The van der Waals surface area contributed by atoms with Crippen LogP contribution in [0.3, 0.4) is 0 Å². The minimum absolute atomic E-state index is 0.0174. The molecule has 8 heteroatoms. The van der Waals surface area contributed by atoms with E-state index < -0.39 is 21.5 Å². The summed E-state index contributed by atoms with van der Waals surface area (Å²) in [5.41, 5.74) is 1.27. The van der Waals surface area contributed by atoms with Crippen molar-refractivity contribution in [2.75, 3.05) is 18.1 Å². The monoisotopic (exact) mass is 341 g/mol. The Kier molecular flexibility index (Phi) is 4.20. The first kappa shape index (κ1) is 16.1. The van der Waals surface area contributed by atoms with E-state index >= 15 is 0 Å². The van der Waals surface area contributed by atoms with E-state index in [0.29, 0.717) is 12.1 Å². The summed E-state index contributed by atoms with van der Waals surface area (Å²) >= 11 is 0. The molecule has 0 aliphatic carbocycles. The Hall–Kier alpha value is -1.80. The summed E-state index contributed by atoms with van der Waals surface area (Å²) in [5, 5.41) is 4.08. The highest BCUT2D eigenvalue weighted by Crippen LogP contribution is 2.28. The van der Waals surface area contributed by atoms with Gasteiger partial charge in [0.2, 0.25) is 0 Å². The third-order valence-electron chi connectivity index (χ3n) is 3.96. The van der Waals surface area contributed by atoms with Gasteiger partial charge in [0, 0.05) is 38.0 Å². The summed E-state index contributed by atoms with van der Waals surface area (Å²) < 4.78 is 52.3. The molecule has 1 aliphatic rings. The van der Waals surface area contributed by atoms with Crippen LogP contribution in [-0.2, 0) is 23.4 Å². The van der Waals surface area contributed by atoms with Crippen molar-refractivity contribution in [2.24, 2.45) is 7.05 Å². The first-order valence-corrected chi connectivity index (χ1v) is 9.02. The Morgan fingerprint density at radius 1 is 1.26 bits per heavy atom. The van der Waals surface area contributed by atoms with Crippen molar-refractivity contribution >= 4 is 9.84 Å². The van der Waals surface area contributed by atoms with Crippen molar-refractivity contribution in [1.82, 2.24) is 14.7 Å². The fraction of sp³-hybridized carbons (Fsp3) is 0.400. The topological polar surface area (TPSA) is 55.2 Å². The Morgan fingerprint density at radius 2 is 1.96 bits per heavy atom. The molecule has 0 radical (unpaired) electrons. The predicted molar refractivity (Wildman–Crippen MR) is 81.4 cm³/mol. The molecule has 1 saturated heterocycles. The van der Waals surface area contributed by atoms with E-state index in [9.17, 15) is 17.2 Å². The van der Waals surface area contributed by atoms with E-state index in [1.54, 1.807) is 24.1 Å². The van der Waals surface area contributed by atoms with Gasteiger partial charge in [-0.15, -0.1) is 0 Å². The number of sulfone groups is 1. The summed E-state index contributed by atoms with van der Waals surface area (Å²) in [4.78, 5) is 1.92. The van der Waals surface area contributed by atoms with Crippen LogP contribution >= 0.6 is 0 Å². The van der Waals surface area contributed by atoms with Crippen molar-refractivity contribution in [3.8, 4) is 0 Å². The van der Waals surface area contributed by atoms with Crippen molar-refractivity contribution in [3.05, 3.63) is 53.4 Å². The number of hydrogen-bond donors (Lipinski definition) is 0. The van der Waals surface area contributed by atoms with E-state index in [1.807, 2.05) is 4.90 Å². The molecular formula is C15H17F2N3O2S. The Labute approximate surface area is 133 Å². The zero-order chi connectivity index (χ0) is 16.6. The first-order chi connectivity index (χ1) is 10.8. The van der Waals surface area contributed by atoms with Crippen LogP contribution in [-0.4, -0.2) is 41.1 Å². The molecule has 2 aromatic rings. The second-order valence-electron chi connectivity index (χ2n) is 5.83. The third kappa shape index (κ3) is 3.76. The number of aryl methyl sites for hydroxylation is 1. The molecule has 124 valence electrons. The summed E-state index contributed by atoms with van der Waals surface area (Å²) in [6, 6.07) is 3.00. The number of nitrogens with zero attached hydrogens (tertiary/aromatic N) is 3. The van der Waals surface area contributed by atoms with Crippen molar-refractivity contribution in [2.45, 2.75) is 12.6 Å². The second kappa shape index (κ2) is 6.01. The molecule has 0 amide bonds. The van der Waals surface area contributed by atoms with E-state index in [4.69, 9.17) is 0 Å². The van der Waals surface area contributed by atoms with Gasteiger partial charge in [0.1, 0.15) is 11.6 Å². The lowest BCUT2D eigenvalue weighted by Crippen LogP contribution is -2.42. The third-order valence-corrected chi connectivity index (χ3v) is 5.59. The molecule has 0 unspecified atom stereocenters. The fourth-order valence-electron chi connectivity index (χ4n) is 2.89. The summed E-state index contributed by atoms with van der Waals surface area (Å²) in [6.45, 7) is 0.601. The van der Waals surface area contributed by atoms with Gasteiger partial charge >= 0.3 is 0 Å². The molecule has 0 N–H and O–H groups in total.